The summed E-state index contributed by atoms with van der Waals surface area (Å²) in [6, 6.07) is 0.789. The van der Waals surface area contributed by atoms with E-state index in [2.05, 4.69) is 12.2 Å². The molecule has 0 radical (unpaired) electrons. The Morgan fingerprint density at radius 3 is 2.70 bits per heavy atom. The van der Waals surface area contributed by atoms with Gasteiger partial charge < -0.3 is 11.1 Å². The first kappa shape index (κ1) is 15.8. The Morgan fingerprint density at radius 2 is 1.90 bits per heavy atom. The number of nitrogens with one attached hydrogen (secondary N) is 1. The van der Waals surface area contributed by atoms with Crippen molar-refractivity contribution >= 4 is 5.91 Å². The molecule has 3 heteroatoms. The van der Waals surface area contributed by atoms with Crippen LogP contribution in [0.5, 0.6) is 0 Å². The molecule has 3 nitrogen and oxygen atoms in total. The fourth-order valence-corrected chi connectivity index (χ4v) is 3.92. The van der Waals surface area contributed by atoms with Crippen molar-refractivity contribution in [2.75, 3.05) is 0 Å². The van der Waals surface area contributed by atoms with Crippen LogP contribution in [0.25, 0.3) is 0 Å². The number of nitrogens with two attached hydrogens (primary N) is 1. The number of carbonyl (C=O) groups excluding carboxylic acids is 1. The lowest BCUT2D eigenvalue weighted by atomic mass is 9.83. The fraction of sp³-hybridized carbons (Fsp3) is 0.941. The van der Waals surface area contributed by atoms with E-state index in [1.54, 1.807) is 0 Å². The molecule has 2 aliphatic rings. The van der Waals surface area contributed by atoms with Gasteiger partial charge in [-0.1, -0.05) is 39.0 Å². The van der Waals surface area contributed by atoms with Crippen LogP contribution in [0.4, 0.5) is 0 Å². The van der Waals surface area contributed by atoms with E-state index >= 15 is 0 Å². The molecule has 116 valence electrons. The van der Waals surface area contributed by atoms with Gasteiger partial charge in [0.25, 0.3) is 0 Å². The maximum Gasteiger partial charge on any atom is 0.220 e. The molecule has 0 bridgehead atoms. The molecule has 4 atom stereocenters. The minimum atomic E-state index is 0.267. The molecule has 4 unspecified atom stereocenters. The second kappa shape index (κ2) is 8.02. The Labute approximate surface area is 124 Å². The molecule has 0 saturated heterocycles. The quantitative estimate of drug-likeness (QED) is 0.776. The number of hydrogen-bond acceptors (Lipinski definition) is 2. The summed E-state index contributed by atoms with van der Waals surface area (Å²) in [6.45, 7) is 2.29. The van der Waals surface area contributed by atoms with Crippen LogP contribution in [0.15, 0.2) is 0 Å². The highest BCUT2D eigenvalue weighted by Gasteiger charge is 2.23. The SMILES string of the molecule is CC1CCCCCC1NC(=O)CCC1CCCC(N)C1. The average molecular weight is 280 g/mol. The molecule has 2 rings (SSSR count). The monoisotopic (exact) mass is 280 g/mol. The van der Waals surface area contributed by atoms with Crippen LogP contribution in [-0.2, 0) is 4.79 Å². The molecular weight excluding hydrogens is 248 g/mol. The first-order valence-corrected chi connectivity index (χ1v) is 8.70. The summed E-state index contributed by atoms with van der Waals surface area (Å²) in [4.78, 5) is 12.2. The first-order valence-electron chi connectivity index (χ1n) is 8.70. The van der Waals surface area contributed by atoms with E-state index in [-0.39, 0.29) is 5.91 Å². The van der Waals surface area contributed by atoms with Gasteiger partial charge in [0.05, 0.1) is 0 Å². The van der Waals surface area contributed by atoms with Gasteiger partial charge in [0.1, 0.15) is 0 Å². The summed E-state index contributed by atoms with van der Waals surface area (Å²) in [7, 11) is 0. The third-order valence-electron chi connectivity index (χ3n) is 5.31. The van der Waals surface area contributed by atoms with Gasteiger partial charge in [-0.15, -0.1) is 0 Å². The standard InChI is InChI=1S/C17H32N2O/c1-13-6-3-2-4-9-16(13)19-17(20)11-10-14-7-5-8-15(18)12-14/h13-16H,2-12,18H2,1H3,(H,19,20). The van der Waals surface area contributed by atoms with E-state index in [1.165, 1.54) is 51.4 Å². The molecule has 0 aliphatic heterocycles. The summed E-state index contributed by atoms with van der Waals surface area (Å²) in [5.74, 6) is 1.59. The fourth-order valence-electron chi connectivity index (χ4n) is 3.92. The van der Waals surface area contributed by atoms with Crippen molar-refractivity contribution in [3.8, 4) is 0 Å². The second-order valence-corrected chi connectivity index (χ2v) is 7.12. The van der Waals surface area contributed by atoms with Gasteiger partial charge in [-0.3, -0.25) is 4.79 Å². The molecule has 2 fully saturated rings. The smallest absolute Gasteiger partial charge is 0.220 e. The van der Waals surface area contributed by atoms with Gasteiger partial charge in [-0.25, -0.2) is 0 Å². The van der Waals surface area contributed by atoms with Crippen LogP contribution >= 0.6 is 0 Å². The molecule has 1 amide bonds. The maximum atomic E-state index is 12.2. The number of hydrogen-bond donors (Lipinski definition) is 2. The van der Waals surface area contributed by atoms with Crippen LogP contribution in [0.1, 0.15) is 77.6 Å². The average Bonchev–Trinajstić information content (AvgIpc) is 2.62. The lowest BCUT2D eigenvalue weighted by Crippen LogP contribution is -2.39. The number of rotatable bonds is 4. The Balaban J connectivity index is 1.69. The van der Waals surface area contributed by atoms with Crippen molar-refractivity contribution in [2.45, 2.75) is 89.6 Å². The summed E-state index contributed by atoms with van der Waals surface area (Å²) in [5, 5.41) is 3.29. The van der Waals surface area contributed by atoms with Gasteiger partial charge in [-0.2, -0.15) is 0 Å². The Hall–Kier alpha value is -0.570. The van der Waals surface area contributed by atoms with E-state index in [0.29, 0.717) is 30.3 Å². The van der Waals surface area contributed by atoms with Gasteiger partial charge in [0.15, 0.2) is 0 Å². The van der Waals surface area contributed by atoms with Crippen LogP contribution in [0.2, 0.25) is 0 Å². The normalized spacial score (nSPS) is 35.3. The van der Waals surface area contributed by atoms with E-state index in [0.717, 1.165) is 12.8 Å². The first-order chi connectivity index (χ1) is 9.65. The summed E-state index contributed by atoms with van der Waals surface area (Å²) < 4.78 is 0. The van der Waals surface area contributed by atoms with E-state index in [9.17, 15) is 4.79 Å². The van der Waals surface area contributed by atoms with E-state index in [1.807, 2.05) is 0 Å². The molecule has 20 heavy (non-hydrogen) atoms. The lowest BCUT2D eigenvalue weighted by molar-refractivity contribution is -0.122. The van der Waals surface area contributed by atoms with Crippen LogP contribution in [0.3, 0.4) is 0 Å². The molecule has 2 saturated carbocycles. The van der Waals surface area contributed by atoms with Crippen LogP contribution in [-0.4, -0.2) is 18.0 Å². The predicted molar refractivity (Wildman–Crippen MR) is 83.3 cm³/mol. The third kappa shape index (κ3) is 5.08. The minimum Gasteiger partial charge on any atom is -0.353 e. The van der Waals surface area contributed by atoms with Gasteiger partial charge in [-0.05, 0) is 43.9 Å². The summed E-state index contributed by atoms with van der Waals surface area (Å²) in [6.07, 6.45) is 12.9. The number of carbonyl (C=O) groups is 1. The highest BCUT2D eigenvalue weighted by atomic mass is 16.1. The summed E-state index contributed by atoms with van der Waals surface area (Å²) >= 11 is 0. The molecule has 0 aromatic rings. The zero-order valence-corrected chi connectivity index (χ0v) is 13.1. The topological polar surface area (TPSA) is 55.1 Å². The molecule has 0 spiro atoms. The van der Waals surface area contributed by atoms with Crippen molar-refractivity contribution in [1.82, 2.24) is 5.32 Å². The molecule has 0 heterocycles. The molecule has 0 aromatic heterocycles. The highest BCUT2D eigenvalue weighted by Crippen LogP contribution is 2.27. The van der Waals surface area contributed by atoms with E-state index in [4.69, 9.17) is 5.73 Å². The van der Waals surface area contributed by atoms with Crippen molar-refractivity contribution < 1.29 is 4.79 Å². The van der Waals surface area contributed by atoms with E-state index < -0.39 is 0 Å². The highest BCUT2D eigenvalue weighted by molar-refractivity contribution is 5.76. The Bertz CT molecular complexity index is 305. The van der Waals surface area contributed by atoms with Gasteiger partial charge in [0.2, 0.25) is 5.91 Å². The van der Waals surface area contributed by atoms with Crippen molar-refractivity contribution in [3.05, 3.63) is 0 Å². The molecule has 0 aromatic carbocycles. The second-order valence-electron chi connectivity index (χ2n) is 7.12. The third-order valence-corrected chi connectivity index (χ3v) is 5.31. The zero-order valence-electron chi connectivity index (χ0n) is 13.1. The van der Waals surface area contributed by atoms with Crippen LogP contribution < -0.4 is 11.1 Å². The van der Waals surface area contributed by atoms with Gasteiger partial charge in [0, 0.05) is 18.5 Å². The zero-order chi connectivity index (χ0) is 14.4. The summed E-state index contributed by atoms with van der Waals surface area (Å²) in [5.41, 5.74) is 6.02. The number of amides is 1. The van der Waals surface area contributed by atoms with Crippen molar-refractivity contribution in [1.29, 1.82) is 0 Å². The minimum absolute atomic E-state index is 0.267. The maximum absolute atomic E-state index is 12.2. The Kier molecular flexibility index (Phi) is 6.34. The predicted octanol–water partition coefficient (Wildman–Crippen LogP) is 3.37. The van der Waals surface area contributed by atoms with Crippen molar-refractivity contribution in [3.63, 3.8) is 0 Å². The molecule has 3 N–H and O–H groups in total. The lowest BCUT2D eigenvalue weighted by Gasteiger charge is -2.27. The van der Waals surface area contributed by atoms with Crippen LogP contribution in [0, 0.1) is 11.8 Å². The molecular formula is C17H32N2O. The Morgan fingerprint density at radius 1 is 1.10 bits per heavy atom. The molecule has 2 aliphatic carbocycles. The van der Waals surface area contributed by atoms with Crippen molar-refractivity contribution in [2.24, 2.45) is 17.6 Å². The largest absolute Gasteiger partial charge is 0.353 e. The van der Waals surface area contributed by atoms with Gasteiger partial charge >= 0.3 is 0 Å².